The summed E-state index contributed by atoms with van der Waals surface area (Å²) in [5.41, 5.74) is 8.57. The predicted molar refractivity (Wildman–Crippen MR) is 115 cm³/mol. The largest absolute Gasteiger partial charge is 0.381 e. The maximum Gasteiger partial charge on any atom is 0.254 e. The van der Waals surface area contributed by atoms with E-state index in [4.69, 9.17) is 10.5 Å². The van der Waals surface area contributed by atoms with Crippen molar-refractivity contribution in [2.45, 2.75) is 43.9 Å². The molecular formula is C24H25FN4O3. The fourth-order valence-corrected chi connectivity index (χ4v) is 4.12. The van der Waals surface area contributed by atoms with Crippen molar-refractivity contribution in [2.75, 3.05) is 13.2 Å². The topological polar surface area (TPSA) is 108 Å². The summed E-state index contributed by atoms with van der Waals surface area (Å²) in [4.78, 5) is 27.1. The monoisotopic (exact) mass is 436 g/mol. The molecule has 0 aliphatic carbocycles. The van der Waals surface area contributed by atoms with Gasteiger partial charge < -0.3 is 20.7 Å². The van der Waals surface area contributed by atoms with E-state index < -0.39 is 11.6 Å². The minimum absolute atomic E-state index is 0.158. The summed E-state index contributed by atoms with van der Waals surface area (Å²) in [6, 6.07) is 12.8. The van der Waals surface area contributed by atoms with Crippen LogP contribution in [0.25, 0.3) is 0 Å². The molecule has 2 heterocycles. The van der Waals surface area contributed by atoms with Crippen LogP contribution >= 0.6 is 0 Å². The Bertz CT molecular complexity index is 1060. The first-order valence-corrected chi connectivity index (χ1v) is 10.6. The van der Waals surface area contributed by atoms with Crippen molar-refractivity contribution in [3.63, 3.8) is 0 Å². The minimum Gasteiger partial charge on any atom is -0.381 e. The lowest BCUT2D eigenvalue weighted by atomic mass is 9.90. The molecule has 3 N–H and O–H groups in total. The molecule has 1 atom stereocenters. The number of fused-ring (bicyclic) bond motifs is 1. The average Bonchev–Trinajstić information content (AvgIpc) is 3.22. The Morgan fingerprint density at radius 1 is 1.16 bits per heavy atom. The van der Waals surface area contributed by atoms with Crippen LogP contribution in [0.1, 0.15) is 39.9 Å². The van der Waals surface area contributed by atoms with E-state index in [2.05, 4.69) is 11.4 Å². The van der Waals surface area contributed by atoms with E-state index >= 15 is 0 Å². The van der Waals surface area contributed by atoms with Gasteiger partial charge in [0.25, 0.3) is 5.91 Å². The zero-order chi connectivity index (χ0) is 22.7. The van der Waals surface area contributed by atoms with Crippen LogP contribution in [0, 0.1) is 17.1 Å². The lowest BCUT2D eigenvalue weighted by molar-refractivity contribution is -0.130. The molecule has 0 spiro atoms. The summed E-state index contributed by atoms with van der Waals surface area (Å²) in [6.45, 7) is 1.77. The molecule has 2 aromatic carbocycles. The van der Waals surface area contributed by atoms with Crippen LogP contribution in [0.5, 0.6) is 0 Å². The third-order valence-corrected chi connectivity index (χ3v) is 6.11. The average molecular weight is 436 g/mol. The Hall–Kier alpha value is -3.28. The Kier molecular flexibility index (Phi) is 6.21. The number of halogens is 1. The molecule has 2 aliphatic heterocycles. The molecule has 2 amide bonds. The first-order valence-electron chi connectivity index (χ1n) is 10.6. The van der Waals surface area contributed by atoms with Gasteiger partial charge in [0, 0.05) is 38.3 Å². The number of rotatable bonds is 5. The van der Waals surface area contributed by atoms with Crippen LogP contribution in [0.4, 0.5) is 4.39 Å². The summed E-state index contributed by atoms with van der Waals surface area (Å²) in [5.74, 6) is -0.869. The van der Waals surface area contributed by atoms with Crippen LogP contribution in [0.2, 0.25) is 0 Å². The molecule has 2 aromatic rings. The van der Waals surface area contributed by atoms with Crippen LogP contribution in [0.3, 0.4) is 0 Å². The first-order chi connectivity index (χ1) is 15.4. The van der Waals surface area contributed by atoms with E-state index in [1.54, 1.807) is 4.90 Å². The number of hydrogen-bond donors (Lipinski definition) is 2. The Balaban J connectivity index is 1.40. The Labute approximate surface area is 186 Å². The van der Waals surface area contributed by atoms with E-state index in [1.807, 2.05) is 18.2 Å². The zero-order valence-corrected chi connectivity index (χ0v) is 17.6. The van der Waals surface area contributed by atoms with Gasteiger partial charge in [-0.1, -0.05) is 18.2 Å². The summed E-state index contributed by atoms with van der Waals surface area (Å²) < 4.78 is 18.4. The van der Waals surface area contributed by atoms with Crippen molar-refractivity contribution >= 4 is 11.8 Å². The van der Waals surface area contributed by atoms with Gasteiger partial charge in [0.2, 0.25) is 5.91 Å². The highest BCUT2D eigenvalue weighted by atomic mass is 19.1. The molecular weight excluding hydrogens is 411 g/mol. The number of nitrogens with two attached hydrogens (primary N) is 1. The van der Waals surface area contributed by atoms with E-state index in [1.165, 1.54) is 24.3 Å². The highest BCUT2D eigenvalue weighted by molar-refractivity contribution is 5.94. The van der Waals surface area contributed by atoms with E-state index in [0.29, 0.717) is 51.1 Å². The number of hydrogen-bond acceptors (Lipinski definition) is 5. The molecule has 0 bridgehead atoms. The molecule has 0 saturated carbocycles. The minimum atomic E-state index is -1.01. The second-order valence-electron chi connectivity index (χ2n) is 8.40. The second kappa shape index (κ2) is 9.07. The standard InChI is InChI=1S/C24H25FN4O3/c25-20-5-3-17(4-6-20)22(30)29-14-18-2-1-16(11-19(18)15-29)12-21(13-26)28-23(31)24(27)7-9-32-10-8-24/h1-6,11,21H,7-10,12,14-15,27H2,(H,28,31). The van der Waals surface area contributed by atoms with Crippen molar-refractivity contribution in [3.05, 3.63) is 70.5 Å². The van der Waals surface area contributed by atoms with Crippen molar-refractivity contribution < 1.29 is 18.7 Å². The van der Waals surface area contributed by atoms with Gasteiger partial charge in [0.15, 0.2) is 0 Å². The number of amides is 2. The molecule has 1 saturated heterocycles. The molecule has 1 fully saturated rings. The number of ether oxygens (including phenoxy) is 1. The van der Waals surface area contributed by atoms with E-state index in [-0.39, 0.29) is 17.6 Å². The number of nitriles is 1. The van der Waals surface area contributed by atoms with Crippen LogP contribution < -0.4 is 11.1 Å². The maximum absolute atomic E-state index is 13.1. The van der Waals surface area contributed by atoms with E-state index in [0.717, 1.165) is 16.7 Å². The molecule has 1 unspecified atom stereocenters. The van der Waals surface area contributed by atoms with Crippen LogP contribution in [-0.2, 0) is 29.0 Å². The molecule has 0 radical (unpaired) electrons. The van der Waals surface area contributed by atoms with Crippen molar-refractivity contribution in [1.82, 2.24) is 10.2 Å². The predicted octanol–water partition coefficient (Wildman–Crippen LogP) is 2.04. The summed E-state index contributed by atoms with van der Waals surface area (Å²) in [7, 11) is 0. The lowest BCUT2D eigenvalue weighted by Gasteiger charge is -2.32. The molecule has 0 aromatic heterocycles. The van der Waals surface area contributed by atoms with Gasteiger partial charge in [-0.25, -0.2) is 4.39 Å². The van der Waals surface area contributed by atoms with Gasteiger partial charge >= 0.3 is 0 Å². The summed E-state index contributed by atoms with van der Waals surface area (Å²) >= 11 is 0. The van der Waals surface area contributed by atoms with Gasteiger partial charge in [0.1, 0.15) is 11.9 Å². The summed E-state index contributed by atoms with van der Waals surface area (Å²) in [5, 5.41) is 12.3. The van der Waals surface area contributed by atoms with Crippen molar-refractivity contribution in [2.24, 2.45) is 5.73 Å². The SMILES string of the molecule is N#CC(Cc1ccc2c(c1)CN(C(=O)c1ccc(F)cc1)C2)NC(=O)C1(N)CCOCC1. The molecule has 7 nitrogen and oxygen atoms in total. The van der Waals surface area contributed by atoms with E-state index in [9.17, 15) is 19.2 Å². The molecule has 32 heavy (non-hydrogen) atoms. The van der Waals surface area contributed by atoms with Crippen LogP contribution in [-0.4, -0.2) is 41.5 Å². The van der Waals surface area contributed by atoms with Crippen molar-refractivity contribution in [1.29, 1.82) is 5.26 Å². The first kappa shape index (κ1) is 21.9. The maximum atomic E-state index is 13.1. The fraction of sp³-hybridized carbons (Fsp3) is 0.375. The van der Waals surface area contributed by atoms with Crippen LogP contribution in [0.15, 0.2) is 42.5 Å². The highest BCUT2D eigenvalue weighted by Gasteiger charge is 2.37. The third-order valence-electron chi connectivity index (χ3n) is 6.11. The number of nitrogens with one attached hydrogen (secondary N) is 1. The smallest absolute Gasteiger partial charge is 0.254 e. The van der Waals surface area contributed by atoms with Gasteiger partial charge in [-0.15, -0.1) is 0 Å². The lowest BCUT2D eigenvalue weighted by Crippen LogP contribution is -2.58. The second-order valence-corrected chi connectivity index (χ2v) is 8.40. The van der Waals surface area contributed by atoms with Gasteiger partial charge in [-0.2, -0.15) is 5.26 Å². The number of benzene rings is 2. The zero-order valence-electron chi connectivity index (χ0n) is 17.6. The van der Waals surface area contributed by atoms with Crippen molar-refractivity contribution in [3.8, 4) is 6.07 Å². The highest BCUT2D eigenvalue weighted by Crippen LogP contribution is 2.26. The van der Waals surface area contributed by atoms with Gasteiger partial charge in [-0.3, -0.25) is 9.59 Å². The van der Waals surface area contributed by atoms with Gasteiger partial charge in [-0.05, 0) is 53.8 Å². The quantitative estimate of drug-likeness (QED) is 0.746. The molecule has 166 valence electrons. The fourth-order valence-electron chi connectivity index (χ4n) is 4.12. The van der Waals surface area contributed by atoms with Gasteiger partial charge in [0.05, 0.1) is 11.6 Å². The Morgan fingerprint density at radius 3 is 2.53 bits per heavy atom. The third kappa shape index (κ3) is 4.64. The number of carbonyl (C=O) groups excluding carboxylic acids is 2. The number of nitrogens with zero attached hydrogens (tertiary/aromatic N) is 2. The number of carbonyl (C=O) groups is 2. The molecule has 8 heteroatoms. The Morgan fingerprint density at radius 2 is 1.84 bits per heavy atom. The molecule has 4 rings (SSSR count). The molecule has 2 aliphatic rings. The summed E-state index contributed by atoms with van der Waals surface area (Å²) in [6.07, 6.45) is 1.19. The normalized spacial score (nSPS) is 17.8.